The van der Waals surface area contributed by atoms with Gasteiger partial charge in [-0.05, 0) is 40.0 Å². The molecule has 0 atom stereocenters. The lowest BCUT2D eigenvalue weighted by Crippen LogP contribution is -2.15. The molecule has 0 aromatic heterocycles. The van der Waals surface area contributed by atoms with Crippen molar-refractivity contribution in [2.24, 2.45) is 0 Å². The van der Waals surface area contributed by atoms with E-state index < -0.39 is 18.9 Å². The Bertz CT molecular complexity index is 462. The molecule has 100 valence electrons. The summed E-state index contributed by atoms with van der Waals surface area (Å²) in [4.78, 5) is 10.8. The molecule has 0 unspecified atom stereocenters. The first-order valence-electron chi connectivity index (χ1n) is 4.72. The highest BCUT2D eigenvalue weighted by Gasteiger charge is 2.28. The largest absolute Gasteiger partial charge is 0.522 e. The van der Waals surface area contributed by atoms with E-state index in [0.717, 1.165) is 0 Å². The maximum Gasteiger partial charge on any atom is 0.522 e. The molecule has 1 aromatic carbocycles. The number of ether oxygens (including phenoxy) is 1. The lowest BCUT2D eigenvalue weighted by Gasteiger charge is -2.10. The van der Waals surface area contributed by atoms with Gasteiger partial charge in [-0.25, -0.2) is 4.79 Å². The summed E-state index contributed by atoms with van der Waals surface area (Å²) >= 11 is 3.05. The number of hydrogen-bond acceptors (Lipinski definition) is 3. The van der Waals surface area contributed by atoms with E-state index in [0.29, 0.717) is 10.0 Å². The van der Waals surface area contributed by atoms with E-state index in [1.165, 1.54) is 12.1 Å². The molecule has 4 nitrogen and oxygen atoms in total. The molecule has 0 saturated carbocycles. The van der Waals surface area contributed by atoms with Crippen LogP contribution in [-0.4, -0.2) is 24.0 Å². The zero-order valence-corrected chi connectivity index (χ0v) is 10.5. The number of carboxylic acids is 1. The molecule has 0 aliphatic carbocycles. The third kappa shape index (κ3) is 4.19. The third-order valence-electron chi connectivity index (χ3n) is 2.08. The van der Waals surface area contributed by atoms with Crippen molar-refractivity contribution in [2.75, 3.05) is 12.3 Å². The van der Waals surface area contributed by atoms with E-state index in [1.807, 2.05) is 0 Å². The average molecular weight is 328 g/mol. The number of aromatic carboxylic acids is 1. The number of nitrogens with two attached hydrogens (primary N) is 1. The number of alkyl halides is 3. The van der Waals surface area contributed by atoms with Gasteiger partial charge in [0.15, 0.2) is 0 Å². The second kappa shape index (κ2) is 5.57. The summed E-state index contributed by atoms with van der Waals surface area (Å²) in [5, 5.41) is 8.86. The number of rotatable bonds is 4. The number of carbonyl (C=O) groups is 1. The molecule has 0 heterocycles. The average Bonchev–Trinajstić information content (AvgIpc) is 2.20. The van der Waals surface area contributed by atoms with E-state index in [-0.39, 0.29) is 17.7 Å². The SMILES string of the molecule is Nc1c(Br)cc(CCOC(F)(F)F)cc1C(=O)O. The maximum atomic E-state index is 11.8. The summed E-state index contributed by atoms with van der Waals surface area (Å²) in [7, 11) is 0. The molecule has 0 aliphatic heterocycles. The summed E-state index contributed by atoms with van der Waals surface area (Å²) in [5.41, 5.74) is 5.77. The lowest BCUT2D eigenvalue weighted by molar-refractivity contribution is -0.324. The van der Waals surface area contributed by atoms with Crippen molar-refractivity contribution in [3.05, 3.63) is 27.7 Å². The molecule has 1 rings (SSSR count). The first-order valence-corrected chi connectivity index (χ1v) is 5.52. The number of hydrogen-bond donors (Lipinski definition) is 2. The molecule has 18 heavy (non-hydrogen) atoms. The van der Waals surface area contributed by atoms with Crippen LogP contribution in [-0.2, 0) is 11.2 Å². The first-order chi connectivity index (χ1) is 8.20. The summed E-state index contributed by atoms with van der Waals surface area (Å²) < 4.78 is 39.2. The minimum absolute atomic E-state index is 0.0305. The smallest absolute Gasteiger partial charge is 0.478 e. The first kappa shape index (κ1) is 14.8. The molecule has 1 aromatic rings. The minimum atomic E-state index is -4.69. The van der Waals surface area contributed by atoms with Crippen LogP contribution >= 0.6 is 15.9 Å². The molecule has 0 fully saturated rings. The van der Waals surface area contributed by atoms with Gasteiger partial charge in [0.2, 0.25) is 0 Å². The van der Waals surface area contributed by atoms with Crippen LogP contribution in [0.5, 0.6) is 0 Å². The van der Waals surface area contributed by atoms with E-state index >= 15 is 0 Å². The van der Waals surface area contributed by atoms with Crippen LogP contribution < -0.4 is 5.73 Å². The van der Waals surface area contributed by atoms with Gasteiger partial charge in [-0.15, -0.1) is 13.2 Å². The van der Waals surface area contributed by atoms with Gasteiger partial charge in [0, 0.05) is 4.47 Å². The lowest BCUT2D eigenvalue weighted by atomic mass is 10.1. The van der Waals surface area contributed by atoms with Crippen molar-refractivity contribution in [3.63, 3.8) is 0 Å². The van der Waals surface area contributed by atoms with Crippen molar-refractivity contribution in [1.29, 1.82) is 0 Å². The van der Waals surface area contributed by atoms with Crippen LogP contribution in [0, 0.1) is 0 Å². The van der Waals surface area contributed by atoms with Crippen molar-refractivity contribution in [1.82, 2.24) is 0 Å². The fourth-order valence-electron chi connectivity index (χ4n) is 1.28. The Kier molecular flexibility index (Phi) is 4.58. The second-order valence-corrected chi connectivity index (χ2v) is 4.24. The van der Waals surface area contributed by atoms with Crippen molar-refractivity contribution >= 4 is 27.6 Å². The monoisotopic (exact) mass is 327 g/mol. The molecule has 0 amide bonds. The van der Waals surface area contributed by atoms with Crippen molar-refractivity contribution in [2.45, 2.75) is 12.8 Å². The summed E-state index contributed by atoms with van der Waals surface area (Å²) in [6, 6.07) is 2.68. The Labute approximate surface area is 109 Å². The molecule has 0 aliphatic rings. The van der Waals surface area contributed by atoms with Gasteiger partial charge in [-0.1, -0.05) is 0 Å². The van der Waals surface area contributed by atoms with Crippen LogP contribution in [0.15, 0.2) is 16.6 Å². The molecule has 3 N–H and O–H groups in total. The van der Waals surface area contributed by atoms with Gasteiger partial charge < -0.3 is 10.8 Å². The Morgan fingerprint density at radius 1 is 1.44 bits per heavy atom. The number of nitrogen functional groups attached to an aromatic ring is 1. The quantitative estimate of drug-likeness (QED) is 0.834. The predicted molar refractivity (Wildman–Crippen MR) is 61.2 cm³/mol. The number of halogens is 4. The van der Waals surface area contributed by atoms with Crippen molar-refractivity contribution in [3.8, 4) is 0 Å². The molecule has 0 radical (unpaired) electrons. The van der Waals surface area contributed by atoms with Crippen LogP contribution in [0.2, 0.25) is 0 Å². The van der Waals surface area contributed by atoms with Gasteiger partial charge in [-0.2, -0.15) is 0 Å². The Morgan fingerprint density at radius 3 is 2.56 bits per heavy atom. The molecule has 8 heteroatoms. The van der Waals surface area contributed by atoms with Gasteiger partial charge in [0.05, 0.1) is 17.9 Å². The number of carboxylic acid groups (broad SMARTS) is 1. The Morgan fingerprint density at radius 2 is 2.06 bits per heavy atom. The molecule has 0 spiro atoms. The number of benzene rings is 1. The normalized spacial score (nSPS) is 11.6. The maximum absolute atomic E-state index is 11.8. The molecular weight excluding hydrogens is 319 g/mol. The topological polar surface area (TPSA) is 72.5 Å². The number of anilines is 1. The van der Waals surface area contributed by atoms with E-state index in [9.17, 15) is 18.0 Å². The Balaban J connectivity index is 2.82. The fraction of sp³-hybridized carbons (Fsp3) is 0.300. The highest BCUT2D eigenvalue weighted by Crippen LogP contribution is 2.26. The van der Waals surface area contributed by atoms with Gasteiger partial charge in [-0.3, -0.25) is 4.74 Å². The van der Waals surface area contributed by atoms with Crippen molar-refractivity contribution < 1.29 is 27.8 Å². The third-order valence-corrected chi connectivity index (χ3v) is 2.73. The highest BCUT2D eigenvalue weighted by atomic mass is 79.9. The van der Waals surface area contributed by atoms with Crippen LogP contribution in [0.25, 0.3) is 0 Å². The standard InChI is InChI=1S/C10H9BrF3NO3/c11-7-4-5(1-2-18-10(12,13)14)3-6(8(7)15)9(16)17/h3-4H,1-2,15H2,(H,16,17). The summed E-state index contributed by atoms with van der Waals surface area (Å²) in [6.07, 6.45) is -4.76. The van der Waals surface area contributed by atoms with E-state index in [1.54, 1.807) is 0 Å². The Hall–Kier alpha value is -1.28. The fourth-order valence-corrected chi connectivity index (χ4v) is 1.79. The molecule has 0 saturated heterocycles. The highest BCUT2D eigenvalue weighted by molar-refractivity contribution is 9.10. The zero-order valence-electron chi connectivity index (χ0n) is 8.92. The minimum Gasteiger partial charge on any atom is -0.478 e. The summed E-state index contributed by atoms with van der Waals surface area (Å²) in [6.45, 7) is -0.584. The van der Waals surface area contributed by atoms with E-state index in [2.05, 4.69) is 20.7 Å². The predicted octanol–water partition coefficient (Wildman–Crippen LogP) is 2.81. The molecule has 0 bridgehead atoms. The van der Waals surface area contributed by atoms with Crippen LogP contribution in [0.4, 0.5) is 18.9 Å². The molecular formula is C10H9BrF3NO3. The van der Waals surface area contributed by atoms with Crippen LogP contribution in [0.1, 0.15) is 15.9 Å². The van der Waals surface area contributed by atoms with E-state index in [4.69, 9.17) is 10.8 Å². The second-order valence-electron chi connectivity index (χ2n) is 3.39. The summed E-state index contributed by atoms with van der Waals surface area (Å²) in [5.74, 6) is -1.24. The van der Waals surface area contributed by atoms with Crippen LogP contribution in [0.3, 0.4) is 0 Å². The van der Waals surface area contributed by atoms with Gasteiger partial charge >= 0.3 is 12.3 Å². The zero-order chi connectivity index (χ0) is 13.9. The van der Waals surface area contributed by atoms with Gasteiger partial charge in [0.1, 0.15) is 0 Å². The van der Waals surface area contributed by atoms with Gasteiger partial charge in [0.25, 0.3) is 0 Å².